The molecular formula is C16H19I. The molecule has 0 atom stereocenters. The topological polar surface area (TPSA) is 0 Å². The van der Waals surface area contributed by atoms with E-state index in [2.05, 4.69) is 46.9 Å². The lowest BCUT2D eigenvalue weighted by atomic mass is 9.51. The van der Waals surface area contributed by atoms with Crippen molar-refractivity contribution in [2.75, 3.05) is 0 Å². The van der Waals surface area contributed by atoms with Crippen LogP contribution >= 0.6 is 22.6 Å². The summed E-state index contributed by atoms with van der Waals surface area (Å²) in [4.78, 5) is 0. The summed E-state index contributed by atoms with van der Waals surface area (Å²) < 4.78 is 1.50. The molecule has 17 heavy (non-hydrogen) atoms. The minimum absolute atomic E-state index is 0.899. The first-order valence-corrected chi connectivity index (χ1v) is 8.13. The van der Waals surface area contributed by atoms with E-state index in [1.165, 1.54) is 29.3 Å². The first kappa shape index (κ1) is 10.8. The molecule has 4 aliphatic carbocycles. The molecule has 5 rings (SSSR count). The van der Waals surface area contributed by atoms with Gasteiger partial charge in [0.05, 0.1) is 0 Å². The Balaban J connectivity index is 1.73. The second-order valence-electron chi connectivity index (χ2n) is 6.48. The van der Waals surface area contributed by atoms with Crippen LogP contribution < -0.4 is 0 Å². The van der Waals surface area contributed by atoms with Crippen LogP contribution in [0, 0.1) is 27.2 Å². The molecule has 1 heteroatoms. The summed E-state index contributed by atoms with van der Waals surface area (Å²) in [5.74, 6) is 5.12. The number of rotatable bonds is 1. The van der Waals surface area contributed by atoms with Gasteiger partial charge < -0.3 is 0 Å². The number of hydrogen-bond acceptors (Lipinski definition) is 0. The lowest BCUT2D eigenvalue weighted by Crippen LogP contribution is -2.43. The maximum Gasteiger partial charge on any atom is 0.0165 e. The van der Waals surface area contributed by atoms with Gasteiger partial charge in [-0.2, -0.15) is 0 Å². The van der Waals surface area contributed by atoms with Crippen molar-refractivity contribution < 1.29 is 0 Å². The summed E-state index contributed by atoms with van der Waals surface area (Å²) in [6.45, 7) is 0. The minimum Gasteiger partial charge on any atom is -0.0619 e. The summed E-state index contributed by atoms with van der Waals surface area (Å²) in [5.41, 5.74) is 1.67. The molecule has 0 heterocycles. The van der Waals surface area contributed by atoms with Crippen molar-refractivity contribution in [3.05, 3.63) is 33.4 Å². The van der Waals surface area contributed by atoms with Gasteiger partial charge in [0.15, 0.2) is 0 Å². The highest BCUT2D eigenvalue weighted by Gasteiger charge is 2.48. The zero-order valence-electron chi connectivity index (χ0n) is 10.1. The Morgan fingerprint density at radius 3 is 2.00 bits per heavy atom. The standard InChI is InChI=1S/C16H19I/c17-15-4-2-1-3-14(15)16-12-6-10-5-11(8-12)9-13(16)7-10/h1-4,10-13,16H,5-9H2. The Bertz CT molecular complexity index is 409. The molecule has 0 radical (unpaired) electrons. The normalized spacial score (nSPS) is 43.0. The van der Waals surface area contributed by atoms with Gasteiger partial charge in [-0.15, -0.1) is 0 Å². The Morgan fingerprint density at radius 1 is 0.824 bits per heavy atom. The van der Waals surface area contributed by atoms with Gasteiger partial charge in [-0.05, 0) is 95.9 Å². The van der Waals surface area contributed by atoms with E-state index in [4.69, 9.17) is 0 Å². The Hall–Kier alpha value is -0.0500. The predicted octanol–water partition coefficient (Wildman–Crippen LogP) is 4.83. The van der Waals surface area contributed by atoms with Crippen molar-refractivity contribution in [3.63, 3.8) is 0 Å². The smallest absolute Gasteiger partial charge is 0.0165 e. The highest BCUT2D eigenvalue weighted by Crippen LogP contribution is 2.60. The van der Waals surface area contributed by atoms with Crippen molar-refractivity contribution in [1.29, 1.82) is 0 Å². The van der Waals surface area contributed by atoms with Gasteiger partial charge in [0, 0.05) is 3.57 Å². The van der Waals surface area contributed by atoms with Crippen LogP contribution in [0.25, 0.3) is 0 Å². The predicted molar refractivity (Wildman–Crippen MR) is 78.9 cm³/mol. The molecule has 4 fully saturated rings. The fourth-order valence-corrected chi connectivity index (χ4v) is 5.93. The van der Waals surface area contributed by atoms with E-state index >= 15 is 0 Å². The van der Waals surface area contributed by atoms with Gasteiger partial charge in [-0.1, -0.05) is 18.2 Å². The lowest BCUT2D eigenvalue weighted by molar-refractivity contribution is -0.00303. The Kier molecular flexibility index (Phi) is 2.53. The number of hydrogen-bond donors (Lipinski definition) is 0. The van der Waals surface area contributed by atoms with Gasteiger partial charge in [0.25, 0.3) is 0 Å². The third-order valence-electron chi connectivity index (χ3n) is 5.49. The van der Waals surface area contributed by atoms with Crippen molar-refractivity contribution in [1.82, 2.24) is 0 Å². The van der Waals surface area contributed by atoms with Crippen molar-refractivity contribution in [2.45, 2.75) is 38.0 Å². The summed E-state index contributed by atoms with van der Waals surface area (Å²) >= 11 is 2.54. The van der Waals surface area contributed by atoms with Gasteiger partial charge in [0.1, 0.15) is 0 Å². The lowest BCUT2D eigenvalue weighted by Gasteiger charge is -2.54. The van der Waals surface area contributed by atoms with Crippen LogP contribution in [0.3, 0.4) is 0 Å². The molecule has 0 unspecified atom stereocenters. The Labute approximate surface area is 117 Å². The molecule has 0 N–H and O–H groups in total. The van der Waals surface area contributed by atoms with E-state index in [9.17, 15) is 0 Å². The van der Waals surface area contributed by atoms with E-state index in [0.717, 1.165) is 29.6 Å². The molecular weight excluding hydrogens is 319 g/mol. The maximum absolute atomic E-state index is 2.54. The van der Waals surface area contributed by atoms with Gasteiger partial charge in [-0.25, -0.2) is 0 Å². The van der Waals surface area contributed by atoms with Crippen molar-refractivity contribution in [3.8, 4) is 0 Å². The van der Waals surface area contributed by atoms with Gasteiger partial charge in [-0.3, -0.25) is 0 Å². The quantitative estimate of drug-likeness (QED) is 0.644. The molecule has 1 aromatic rings. The number of benzene rings is 1. The molecule has 0 saturated heterocycles. The molecule has 1 aromatic carbocycles. The third kappa shape index (κ3) is 1.68. The fourth-order valence-electron chi connectivity index (χ4n) is 5.18. The van der Waals surface area contributed by atoms with E-state index in [-0.39, 0.29) is 0 Å². The summed E-state index contributed by atoms with van der Waals surface area (Å²) in [7, 11) is 0. The molecule has 90 valence electrons. The summed E-state index contributed by atoms with van der Waals surface area (Å²) in [5, 5.41) is 0. The van der Waals surface area contributed by atoms with E-state index in [0.29, 0.717) is 0 Å². The first-order chi connectivity index (χ1) is 8.31. The number of halogens is 1. The molecule has 4 bridgehead atoms. The molecule has 4 aliphatic rings. The zero-order valence-corrected chi connectivity index (χ0v) is 12.3. The molecule has 4 saturated carbocycles. The highest BCUT2D eigenvalue weighted by molar-refractivity contribution is 14.1. The van der Waals surface area contributed by atoms with Crippen LogP contribution in [-0.2, 0) is 0 Å². The van der Waals surface area contributed by atoms with E-state index in [1.807, 2.05) is 0 Å². The average molecular weight is 338 g/mol. The van der Waals surface area contributed by atoms with Gasteiger partial charge in [0.2, 0.25) is 0 Å². The molecule has 0 aliphatic heterocycles. The van der Waals surface area contributed by atoms with E-state index in [1.54, 1.807) is 12.0 Å². The van der Waals surface area contributed by atoms with Crippen LogP contribution in [0.2, 0.25) is 0 Å². The Morgan fingerprint density at radius 2 is 1.41 bits per heavy atom. The van der Waals surface area contributed by atoms with Gasteiger partial charge >= 0.3 is 0 Å². The largest absolute Gasteiger partial charge is 0.0619 e. The fraction of sp³-hybridized carbons (Fsp3) is 0.625. The zero-order chi connectivity index (χ0) is 11.4. The van der Waals surface area contributed by atoms with Crippen LogP contribution in [-0.4, -0.2) is 0 Å². The van der Waals surface area contributed by atoms with Crippen LogP contribution in [0.5, 0.6) is 0 Å². The van der Waals surface area contributed by atoms with Crippen molar-refractivity contribution in [2.24, 2.45) is 23.7 Å². The summed E-state index contributed by atoms with van der Waals surface area (Å²) in [6.07, 6.45) is 7.68. The van der Waals surface area contributed by atoms with Crippen molar-refractivity contribution >= 4 is 22.6 Å². The molecule has 0 aromatic heterocycles. The SMILES string of the molecule is Ic1ccccc1C1C2CC3CC(C2)CC1C3. The van der Waals surface area contributed by atoms with Crippen LogP contribution in [0.1, 0.15) is 43.6 Å². The molecule has 0 spiro atoms. The van der Waals surface area contributed by atoms with Crippen LogP contribution in [0.15, 0.2) is 24.3 Å². The molecule has 0 amide bonds. The maximum atomic E-state index is 2.54. The monoisotopic (exact) mass is 338 g/mol. The average Bonchev–Trinajstić information content (AvgIpc) is 2.30. The van der Waals surface area contributed by atoms with E-state index < -0.39 is 0 Å². The molecule has 0 nitrogen and oxygen atoms in total. The summed E-state index contributed by atoms with van der Waals surface area (Å²) in [6, 6.07) is 9.11. The minimum atomic E-state index is 0.899. The highest BCUT2D eigenvalue weighted by atomic mass is 127. The first-order valence-electron chi connectivity index (χ1n) is 7.05. The second kappa shape index (κ2) is 3.97. The second-order valence-corrected chi connectivity index (χ2v) is 7.64. The third-order valence-corrected chi connectivity index (χ3v) is 6.47. The van der Waals surface area contributed by atoms with Crippen LogP contribution in [0.4, 0.5) is 0 Å².